The summed E-state index contributed by atoms with van der Waals surface area (Å²) < 4.78 is 0. The first-order valence-electron chi connectivity index (χ1n) is 3.61. The zero-order valence-electron chi connectivity index (χ0n) is 6.59. The van der Waals surface area contributed by atoms with Gasteiger partial charge in [0.15, 0.2) is 0 Å². The minimum absolute atomic E-state index is 0.148. The first-order chi connectivity index (χ1) is 4.64. The van der Waals surface area contributed by atoms with Gasteiger partial charge in [-0.15, -0.1) is 0 Å². The predicted molar refractivity (Wildman–Crippen MR) is 44.1 cm³/mol. The van der Waals surface area contributed by atoms with Crippen LogP contribution in [0.5, 0.6) is 0 Å². The van der Waals surface area contributed by atoms with E-state index in [-0.39, 0.29) is 5.54 Å². The molecule has 2 N–H and O–H groups in total. The highest BCUT2D eigenvalue weighted by molar-refractivity contribution is 5.96. The van der Waals surface area contributed by atoms with E-state index in [2.05, 4.69) is 18.8 Å². The van der Waals surface area contributed by atoms with Crippen molar-refractivity contribution in [2.24, 2.45) is 10.7 Å². The lowest BCUT2D eigenvalue weighted by molar-refractivity contribution is 0.522. The monoisotopic (exact) mass is 138 g/mol. The normalized spacial score (nSPS) is 23.6. The zero-order valence-corrected chi connectivity index (χ0v) is 6.59. The number of hydrogen-bond acceptors (Lipinski definition) is 2. The van der Waals surface area contributed by atoms with Gasteiger partial charge in [0, 0.05) is 5.71 Å². The van der Waals surface area contributed by atoms with Gasteiger partial charge in [-0.1, -0.05) is 0 Å². The van der Waals surface area contributed by atoms with Crippen molar-refractivity contribution in [1.29, 1.82) is 0 Å². The molecule has 1 rings (SSSR count). The largest absolute Gasteiger partial charge is 0.405 e. The van der Waals surface area contributed by atoms with Crippen molar-refractivity contribution in [3.63, 3.8) is 0 Å². The molecule has 0 aromatic heterocycles. The van der Waals surface area contributed by atoms with Crippen LogP contribution in [-0.2, 0) is 0 Å². The van der Waals surface area contributed by atoms with Crippen molar-refractivity contribution in [3.05, 3.63) is 12.3 Å². The second kappa shape index (κ2) is 2.45. The summed E-state index contributed by atoms with van der Waals surface area (Å²) in [5.74, 6) is 0. The third-order valence-electron chi connectivity index (χ3n) is 1.73. The van der Waals surface area contributed by atoms with Crippen LogP contribution in [0.1, 0.15) is 26.7 Å². The lowest BCUT2D eigenvalue weighted by atomic mass is 10.0. The molecule has 2 nitrogen and oxygen atoms in total. The summed E-state index contributed by atoms with van der Waals surface area (Å²) in [5.41, 5.74) is 6.52. The van der Waals surface area contributed by atoms with Gasteiger partial charge in [-0.2, -0.15) is 0 Å². The summed E-state index contributed by atoms with van der Waals surface area (Å²) in [5, 5.41) is 0. The average Bonchev–Trinajstić information content (AvgIpc) is 2.12. The molecule has 0 aliphatic carbocycles. The fourth-order valence-electron chi connectivity index (χ4n) is 1.17. The van der Waals surface area contributed by atoms with Crippen LogP contribution in [-0.4, -0.2) is 11.3 Å². The van der Waals surface area contributed by atoms with Gasteiger partial charge in [-0.3, -0.25) is 4.99 Å². The number of aliphatic imine (C=N–C) groups is 1. The van der Waals surface area contributed by atoms with Gasteiger partial charge in [-0.25, -0.2) is 0 Å². The number of hydrogen-bond donors (Lipinski definition) is 1. The quantitative estimate of drug-likeness (QED) is 0.585. The van der Waals surface area contributed by atoms with Crippen molar-refractivity contribution in [2.45, 2.75) is 32.2 Å². The third kappa shape index (κ3) is 1.59. The van der Waals surface area contributed by atoms with Gasteiger partial charge in [-0.05, 0) is 39.0 Å². The predicted octanol–water partition coefficient (Wildman–Crippen LogP) is 1.47. The highest BCUT2D eigenvalue weighted by Gasteiger charge is 2.22. The third-order valence-corrected chi connectivity index (χ3v) is 1.73. The maximum absolute atomic E-state index is 5.24. The minimum atomic E-state index is 0.148. The second-order valence-corrected chi connectivity index (χ2v) is 3.27. The van der Waals surface area contributed by atoms with Crippen molar-refractivity contribution in [2.75, 3.05) is 0 Å². The molecular weight excluding hydrogens is 124 g/mol. The molecule has 1 heterocycles. The highest BCUT2D eigenvalue weighted by Crippen LogP contribution is 2.24. The van der Waals surface area contributed by atoms with Gasteiger partial charge in [0.1, 0.15) is 0 Å². The van der Waals surface area contributed by atoms with Crippen LogP contribution in [0.2, 0.25) is 0 Å². The minimum Gasteiger partial charge on any atom is -0.405 e. The molecule has 56 valence electrons. The Morgan fingerprint density at radius 1 is 1.60 bits per heavy atom. The van der Waals surface area contributed by atoms with E-state index in [9.17, 15) is 0 Å². The summed E-state index contributed by atoms with van der Waals surface area (Å²) in [6.07, 6.45) is 5.66. The van der Waals surface area contributed by atoms with Gasteiger partial charge in [0.05, 0.1) is 5.54 Å². The number of rotatable bonds is 1. The Bertz CT molecular complexity index is 178. The molecule has 0 aromatic carbocycles. The van der Waals surface area contributed by atoms with Crippen LogP contribution in [0.4, 0.5) is 0 Å². The van der Waals surface area contributed by atoms with Gasteiger partial charge in [0.25, 0.3) is 0 Å². The van der Waals surface area contributed by atoms with Gasteiger partial charge in [0.2, 0.25) is 0 Å². The van der Waals surface area contributed by atoms with E-state index in [1.807, 2.05) is 6.08 Å². The van der Waals surface area contributed by atoms with E-state index in [0.717, 1.165) is 18.6 Å². The molecule has 0 spiro atoms. The van der Waals surface area contributed by atoms with Crippen molar-refractivity contribution in [3.8, 4) is 0 Å². The van der Waals surface area contributed by atoms with Crippen LogP contribution in [0, 0.1) is 0 Å². The molecule has 0 bridgehead atoms. The number of nitrogens with zero attached hydrogens (tertiary/aromatic N) is 1. The van der Waals surface area contributed by atoms with Gasteiger partial charge < -0.3 is 5.73 Å². The molecule has 0 fully saturated rings. The fraction of sp³-hybridized carbons (Fsp3) is 0.625. The SMILES string of the molecule is CC1(C)CCC(C=CN)=N1. The molecule has 10 heavy (non-hydrogen) atoms. The molecule has 0 atom stereocenters. The van der Waals surface area contributed by atoms with Crippen LogP contribution < -0.4 is 5.73 Å². The first kappa shape index (κ1) is 7.32. The van der Waals surface area contributed by atoms with Crippen molar-refractivity contribution in [1.82, 2.24) is 0 Å². The number of nitrogens with two attached hydrogens (primary N) is 1. The Morgan fingerprint density at radius 3 is 2.70 bits per heavy atom. The van der Waals surface area contributed by atoms with Crippen molar-refractivity contribution >= 4 is 5.71 Å². The van der Waals surface area contributed by atoms with E-state index < -0.39 is 0 Å². The van der Waals surface area contributed by atoms with E-state index in [1.54, 1.807) is 6.20 Å². The highest BCUT2D eigenvalue weighted by atomic mass is 14.9. The summed E-state index contributed by atoms with van der Waals surface area (Å²) in [4.78, 5) is 4.46. The molecule has 2 heteroatoms. The van der Waals surface area contributed by atoms with Crippen LogP contribution in [0.3, 0.4) is 0 Å². The van der Waals surface area contributed by atoms with E-state index in [4.69, 9.17) is 5.73 Å². The fourth-order valence-corrected chi connectivity index (χ4v) is 1.17. The van der Waals surface area contributed by atoms with Crippen LogP contribution in [0.15, 0.2) is 17.3 Å². The Hall–Kier alpha value is -0.790. The Morgan fingerprint density at radius 2 is 2.30 bits per heavy atom. The van der Waals surface area contributed by atoms with Crippen LogP contribution in [0.25, 0.3) is 0 Å². The van der Waals surface area contributed by atoms with E-state index in [1.165, 1.54) is 0 Å². The summed E-state index contributed by atoms with van der Waals surface area (Å²) >= 11 is 0. The summed E-state index contributed by atoms with van der Waals surface area (Å²) in [6, 6.07) is 0. The second-order valence-electron chi connectivity index (χ2n) is 3.27. The average molecular weight is 138 g/mol. The van der Waals surface area contributed by atoms with Crippen molar-refractivity contribution < 1.29 is 0 Å². The standard InChI is InChI=1S/C8H14N2/c1-8(2)5-3-7(10-8)4-6-9/h4,6H,3,5,9H2,1-2H3. The molecule has 1 aliphatic heterocycles. The lowest BCUT2D eigenvalue weighted by Crippen LogP contribution is -2.10. The van der Waals surface area contributed by atoms with E-state index in [0.29, 0.717) is 0 Å². The molecule has 0 unspecified atom stereocenters. The Labute approximate surface area is 61.8 Å². The topological polar surface area (TPSA) is 38.4 Å². The molecule has 0 aromatic rings. The molecule has 0 radical (unpaired) electrons. The maximum Gasteiger partial charge on any atom is 0.0559 e. The molecular formula is C8H14N2. The molecule has 0 amide bonds. The Kier molecular flexibility index (Phi) is 1.79. The molecule has 0 saturated carbocycles. The first-order valence-corrected chi connectivity index (χ1v) is 3.61. The van der Waals surface area contributed by atoms with E-state index >= 15 is 0 Å². The maximum atomic E-state index is 5.24. The smallest absolute Gasteiger partial charge is 0.0559 e. The lowest BCUT2D eigenvalue weighted by Gasteiger charge is -2.10. The van der Waals surface area contributed by atoms with Gasteiger partial charge >= 0.3 is 0 Å². The molecule has 0 saturated heterocycles. The summed E-state index contributed by atoms with van der Waals surface area (Å²) in [7, 11) is 0. The molecule has 1 aliphatic rings. The zero-order chi connectivity index (χ0) is 7.61. The summed E-state index contributed by atoms with van der Waals surface area (Å²) in [6.45, 7) is 4.29. The van der Waals surface area contributed by atoms with Crippen LogP contribution >= 0.6 is 0 Å². The number of allylic oxidation sites excluding steroid dienone is 1. The Balaban J connectivity index is 2.66.